The van der Waals surface area contributed by atoms with Crippen molar-refractivity contribution in [3.05, 3.63) is 33.1 Å². The van der Waals surface area contributed by atoms with Crippen molar-refractivity contribution >= 4 is 35.1 Å². The van der Waals surface area contributed by atoms with E-state index in [1.807, 2.05) is 4.98 Å². The first kappa shape index (κ1) is 25.9. The summed E-state index contributed by atoms with van der Waals surface area (Å²) in [4.78, 5) is 59.5. The number of alkyl halides is 1. The van der Waals surface area contributed by atoms with Crippen molar-refractivity contribution in [1.82, 2.24) is 9.55 Å². The minimum Gasteiger partial charge on any atom is -0.386 e. The second kappa shape index (κ2) is 8.51. The lowest BCUT2D eigenvalue weighted by Crippen LogP contribution is -2.55. The molecule has 1 aliphatic carbocycles. The van der Waals surface area contributed by atoms with Gasteiger partial charge >= 0.3 is 29.2 Å². The summed E-state index contributed by atoms with van der Waals surface area (Å²) < 4.78 is 52.6. The number of aliphatic hydroxyl groups excluding tert-OH is 1. The van der Waals surface area contributed by atoms with Gasteiger partial charge < -0.3 is 29.4 Å². The van der Waals surface area contributed by atoms with Crippen molar-refractivity contribution < 1.29 is 56.3 Å². The van der Waals surface area contributed by atoms with Gasteiger partial charge in [0.1, 0.15) is 11.7 Å². The quantitative estimate of drug-likeness (QED) is 0.167. The van der Waals surface area contributed by atoms with Gasteiger partial charge in [-0.05, 0) is 18.8 Å². The number of aliphatic hydroxyl groups is 1. The number of ether oxygens (including phenoxy) is 1. The normalized spacial score (nSPS) is 32.4. The number of phosphoric ester groups is 1. The number of aromatic amines is 1. The molecule has 0 radical (unpaired) electrons. The predicted molar refractivity (Wildman–Crippen MR) is 102 cm³/mol. The fourth-order valence-electron chi connectivity index (χ4n) is 3.32. The van der Waals surface area contributed by atoms with Gasteiger partial charge in [-0.25, -0.2) is 18.5 Å². The van der Waals surface area contributed by atoms with Crippen LogP contribution in [-0.4, -0.2) is 59.2 Å². The Morgan fingerprint density at radius 2 is 1.78 bits per heavy atom. The lowest BCUT2D eigenvalue weighted by Gasteiger charge is -2.35. The molecule has 16 nitrogen and oxygen atoms in total. The van der Waals surface area contributed by atoms with E-state index in [-0.39, 0.29) is 0 Å². The number of halogens is 1. The smallest absolute Gasteiger partial charge is 0.386 e. The van der Waals surface area contributed by atoms with Gasteiger partial charge in [0.15, 0.2) is 5.00 Å². The van der Waals surface area contributed by atoms with E-state index in [0.29, 0.717) is 12.8 Å². The van der Waals surface area contributed by atoms with E-state index in [0.717, 1.165) is 16.8 Å². The third-order valence-electron chi connectivity index (χ3n) is 4.79. The van der Waals surface area contributed by atoms with Crippen molar-refractivity contribution in [3.63, 3.8) is 0 Å². The molecule has 0 aromatic carbocycles. The lowest BCUT2D eigenvalue weighted by molar-refractivity contribution is -0.105. The number of hydrogen-bond donors (Lipinski definition) is 6. The van der Waals surface area contributed by atoms with Gasteiger partial charge in [-0.2, -0.15) is 8.62 Å². The summed E-state index contributed by atoms with van der Waals surface area (Å²) >= 11 is 6.45. The molecule has 2 fully saturated rings. The van der Waals surface area contributed by atoms with Gasteiger partial charge in [0.2, 0.25) is 0 Å². The van der Waals surface area contributed by atoms with Crippen LogP contribution >= 0.6 is 35.1 Å². The number of nitrogens with zero attached hydrogens (tertiary/aromatic N) is 1. The van der Waals surface area contributed by atoms with E-state index in [1.165, 1.54) is 0 Å². The SMILES string of the molecule is O=c1ccn(C2(Cl)CO[C@@](COP(=O)(O)OP(=O)(O)OP(=O)(O)O)(C3CC3)[C@H]2O)c(=O)[nH]1. The molecule has 3 rings (SSSR count). The molecule has 1 aliphatic heterocycles. The third kappa shape index (κ3) is 5.50. The Morgan fingerprint density at radius 1 is 1.16 bits per heavy atom. The van der Waals surface area contributed by atoms with Crippen molar-refractivity contribution in [3.8, 4) is 0 Å². The number of H-pyrrole nitrogens is 1. The van der Waals surface area contributed by atoms with Crippen LogP contribution in [0.3, 0.4) is 0 Å². The lowest BCUT2D eigenvalue weighted by atomic mass is 9.89. The highest BCUT2D eigenvalue weighted by Crippen LogP contribution is 2.67. The Balaban J connectivity index is 1.82. The average Bonchev–Trinajstić information content (AvgIpc) is 3.40. The summed E-state index contributed by atoms with van der Waals surface area (Å²) in [6.07, 6.45) is 0.195. The molecule has 5 atom stereocenters. The number of nitrogens with one attached hydrogen (secondary N) is 1. The molecule has 0 spiro atoms. The van der Waals surface area contributed by atoms with Gasteiger partial charge in [-0.1, -0.05) is 11.6 Å². The van der Waals surface area contributed by atoms with Crippen LogP contribution in [0.2, 0.25) is 0 Å². The summed E-state index contributed by atoms with van der Waals surface area (Å²) in [5.41, 5.74) is -3.46. The minimum atomic E-state index is -5.74. The largest absolute Gasteiger partial charge is 0.490 e. The molecule has 182 valence electrons. The molecular weight excluding hydrogens is 525 g/mol. The molecule has 1 saturated carbocycles. The zero-order chi connectivity index (χ0) is 24.2. The topological polar surface area (TPSA) is 244 Å². The van der Waals surface area contributed by atoms with Gasteiger partial charge in [-0.3, -0.25) is 18.9 Å². The predicted octanol–water partition coefficient (Wildman–Crippen LogP) is -0.689. The monoisotopic (exact) mass is 542 g/mol. The Hall–Kier alpha value is -0.700. The molecule has 1 aromatic heterocycles. The number of hydrogen-bond acceptors (Lipinski definition) is 10. The second-order valence-electron chi connectivity index (χ2n) is 7.08. The average molecular weight is 543 g/mol. The summed E-state index contributed by atoms with van der Waals surface area (Å²) in [6, 6.07) is 0.974. The molecule has 6 N–H and O–H groups in total. The maximum Gasteiger partial charge on any atom is 0.490 e. The first-order valence-electron chi connectivity index (χ1n) is 8.61. The third-order valence-corrected chi connectivity index (χ3v) is 9.07. The Kier molecular flexibility index (Phi) is 6.89. The number of aromatic nitrogens is 2. The highest BCUT2D eigenvalue weighted by atomic mass is 35.5. The standard InChI is InChI=1S/C12H18ClN2O14P3/c13-12(15-4-3-8(16)14-10(15)18)6-26-11(9(12)17,7-1-2-7)5-27-31(22,23)29-32(24,25)28-30(19,20)21/h3-4,7,9,17H,1-2,5-6H2,(H,22,23)(H,24,25)(H,14,16,18)(H2,19,20,21)/t9-,11+,12?/m1/s1. The molecule has 20 heteroatoms. The fourth-order valence-corrected chi connectivity index (χ4v) is 6.75. The van der Waals surface area contributed by atoms with E-state index in [9.17, 15) is 38.2 Å². The zero-order valence-electron chi connectivity index (χ0n) is 15.7. The van der Waals surface area contributed by atoms with Crippen molar-refractivity contribution in [2.75, 3.05) is 13.2 Å². The Morgan fingerprint density at radius 3 is 2.31 bits per heavy atom. The van der Waals surface area contributed by atoms with Gasteiger partial charge in [-0.15, -0.1) is 0 Å². The summed E-state index contributed by atoms with van der Waals surface area (Å²) in [6.45, 7) is -1.44. The van der Waals surface area contributed by atoms with Crippen LogP contribution in [0.4, 0.5) is 0 Å². The molecule has 2 heterocycles. The van der Waals surface area contributed by atoms with Crippen molar-refractivity contribution in [2.24, 2.45) is 5.92 Å². The highest BCUT2D eigenvalue weighted by Gasteiger charge is 2.65. The van der Waals surface area contributed by atoms with E-state index in [2.05, 4.69) is 13.1 Å². The molecule has 3 unspecified atom stereocenters. The van der Waals surface area contributed by atoms with Gasteiger partial charge in [0.05, 0.1) is 13.2 Å². The maximum atomic E-state index is 12.1. The van der Waals surface area contributed by atoms with E-state index in [4.69, 9.17) is 26.1 Å². The van der Waals surface area contributed by atoms with Crippen LogP contribution in [0.1, 0.15) is 12.8 Å². The van der Waals surface area contributed by atoms with Crippen LogP contribution in [0, 0.1) is 5.92 Å². The number of rotatable bonds is 9. The van der Waals surface area contributed by atoms with Gasteiger partial charge in [0.25, 0.3) is 5.56 Å². The highest BCUT2D eigenvalue weighted by molar-refractivity contribution is 7.66. The van der Waals surface area contributed by atoms with Crippen molar-refractivity contribution in [2.45, 2.75) is 29.5 Å². The summed E-state index contributed by atoms with van der Waals surface area (Å²) in [5, 5.41) is 11.0. The van der Waals surface area contributed by atoms with Crippen LogP contribution in [0.5, 0.6) is 0 Å². The van der Waals surface area contributed by atoms with Crippen molar-refractivity contribution in [1.29, 1.82) is 0 Å². The number of phosphoric acid groups is 3. The van der Waals surface area contributed by atoms with Gasteiger partial charge in [0, 0.05) is 12.3 Å². The molecular formula is C12H18ClN2O14P3. The van der Waals surface area contributed by atoms with Crippen LogP contribution < -0.4 is 11.2 Å². The molecule has 2 aliphatic rings. The molecule has 0 amide bonds. The maximum absolute atomic E-state index is 12.1. The molecule has 1 aromatic rings. The minimum absolute atomic E-state index is 0.463. The van der Waals surface area contributed by atoms with Crippen LogP contribution in [0.15, 0.2) is 21.9 Å². The van der Waals surface area contributed by atoms with E-state index >= 15 is 0 Å². The molecule has 32 heavy (non-hydrogen) atoms. The molecule has 1 saturated heterocycles. The Labute approximate surface area is 183 Å². The van der Waals surface area contributed by atoms with E-state index in [1.54, 1.807) is 0 Å². The first-order chi connectivity index (χ1) is 14.5. The summed E-state index contributed by atoms with van der Waals surface area (Å²) in [5.74, 6) is -0.469. The second-order valence-corrected chi connectivity index (χ2v) is 12.2. The molecule has 0 bridgehead atoms. The van der Waals surface area contributed by atoms with E-state index < -0.39 is 70.6 Å². The fraction of sp³-hybridized carbons (Fsp3) is 0.667. The Bertz CT molecular complexity index is 1140. The van der Waals surface area contributed by atoms with Crippen LogP contribution in [0.25, 0.3) is 0 Å². The van der Waals surface area contributed by atoms with Crippen LogP contribution in [-0.2, 0) is 36.6 Å². The zero-order valence-corrected chi connectivity index (χ0v) is 19.2. The first-order valence-corrected chi connectivity index (χ1v) is 13.5. The summed E-state index contributed by atoms with van der Waals surface area (Å²) in [7, 11) is -16.8.